The summed E-state index contributed by atoms with van der Waals surface area (Å²) in [5.41, 5.74) is 2.59. The number of nitrogens with zero attached hydrogens (tertiary/aromatic N) is 1. The van der Waals surface area contributed by atoms with Gasteiger partial charge in [-0.3, -0.25) is 4.79 Å². The number of fused-ring (bicyclic) bond motifs is 1. The van der Waals surface area contributed by atoms with Crippen molar-refractivity contribution in [1.82, 2.24) is 0 Å². The second-order valence-corrected chi connectivity index (χ2v) is 7.11. The highest BCUT2D eigenvalue weighted by atomic mass is 16.5. The van der Waals surface area contributed by atoms with Crippen molar-refractivity contribution in [3.8, 4) is 23.8 Å². The first-order valence-corrected chi connectivity index (χ1v) is 8.77. The number of anilines is 1. The second kappa shape index (κ2) is 5.97. The van der Waals surface area contributed by atoms with E-state index in [2.05, 4.69) is 12.8 Å². The van der Waals surface area contributed by atoms with Crippen LogP contribution in [0, 0.1) is 18.3 Å². The fourth-order valence-electron chi connectivity index (χ4n) is 3.98. The van der Waals surface area contributed by atoms with Crippen LogP contribution in [0.4, 0.5) is 5.69 Å². The second-order valence-electron chi connectivity index (χ2n) is 7.11. The molecule has 0 bridgehead atoms. The molecule has 1 heterocycles. The molecular formula is C22H21NO2. The van der Waals surface area contributed by atoms with Gasteiger partial charge < -0.3 is 9.64 Å². The predicted molar refractivity (Wildman–Crippen MR) is 98.9 cm³/mol. The average Bonchev–Trinajstić information content (AvgIpc) is 3.48. The Balaban J connectivity index is 1.81. The van der Waals surface area contributed by atoms with E-state index in [1.54, 1.807) is 0 Å². The first-order valence-electron chi connectivity index (χ1n) is 8.77. The third-order valence-corrected chi connectivity index (χ3v) is 5.61. The van der Waals surface area contributed by atoms with E-state index in [4.69, 9.17) is 11.2 Å². The van der Waals surface area contributed by atoms with Crippen LogP contribution in [0.2, 0.25) is 0 Å². The van der Waals surface area contributed by atoms with Crippen LogP contribution >= 0.6 is 0 Å². The van der Waals surface area contributed by atoms with Gasteiger partial charge in [-0.2, -0.15) is 0 Å². The van der Waals surface area contributed by atoms with Gasteiger partial charge in [0.25, 0.3) is 0 Å². The molecule has 1 amide bonds. The molecule has 1 aliphatic heterocycles. The number of terminal acetylenes is 1. The van der Waals surface area contributed by atoms with Crippen molar-refractivity contribution in [2.75, 3.05) is 4.90 Å². The molecule has 3 heteroatoms. The number of amides is 1. The van der Waals surface area contributed by atoms with Gasteiger partial charge in [0.15, 0.2) is 0 Å². The van der Waals surface area contributed by atoms with Crippen LogP contribution in [-0.2, 0) is 11.2 Å². The van der Waals surface area contributed by atoms with Gasteiger partial charge in [0.1, 0.15) is 11.5 Å². The van der Waals surface area contributed by atoms with E-state index in [0.29, 0.717) is 11.7 Å². The highest BCUT2D eigenvalue weighted by Gasteiger charge is 2.48. The monoisotopic (exact) mass is 331 g/mol. The highest BCUT2D eigenvalue weighted by Crippen LogP contribution is 2.51. The van der Waals surface area contributed by atoms with Crippen molar-refractivity contribution >= 4 is 12.1 Å². The highest BCUT2D eigenvalue weighted by molar-refractivity contribution is 5.83. The van der Waals surface area contributed by atoms with Crippen molar-refractivity contribution in [1.29, 1.82) is 0 Å². The largest absolute Gasteiger partial charge is 0.456 e. The summed E-state index contributed by atoms with van der Waals surface area (Å²) in [6.45, 7) is 2.20. The summed E-state index contributed by atoms with van der Waals surface area (Å²) in [7, 11) is 0. The van der Waals surface area contributed by atoms with Crippen molar-refractivity contribution < 1.29 is 9.53 Å². The maximum atomic E-state index is 11.9. The SMILES string of the molecule is C#Cc1ccc2c(c1Oc1ccccc1)CC[C@@](C)(C1CC1)N2C=O. The summed E-state index contributed by atoms with van der Waals surface area (Å²) in [6.07, 6.45) is 10.9. The van der Waals surface area contributed by atoms with Gasteiger partial charge in [-0.1, -0.05) is 24.1 Å². The van der Waals surface area contributed by atoms with E-state index in [9.17, 15) is 4.79 Å². The summed E-state index contributed by atoms with van der Waals surface area (Å²) >= 11 is 0. The lowest BCUT2D eigenvalue weighted by atomic mass is 9.81. The third-order valence-electron chi connectivity index (χ3n) is 5.61. The Labute approximate surface area is 148 Å². The molecule has 0 unspecified atom stereocenters. The molecule has 0 aromatic heterocycles. The standard InChI is InChI=1S/C22H21NO2/c1-3-16-9-12-20-19(21(16)25-18-7-5-4-6-8-18)13-14-22(2,17-10-11-17)23(20)15-24/h1,4-9,12,15,17H,10-11,13-14H2,2H3/t22-/m0/s1. The molecule has 1 saturated carbocycles. The zero-order chi connectivity index (χ0) is 17.4. The minimum Gasteiger partial charge on any atom is -0.456 e. The Kier molecular flexibility index (Phi) is 3.77. The van der Waals surface area contributed by atoms with E-state index in [1.165, 1.54) is 12.8 Å². The molecule has 2 aromatic rings. The number of rotatable bonds is 4. The summed E-state index contributed by atoms with van der Waals surface area (Å²) in [4.78, 5) is 13.8. The van der Waals surface area contributed by atoms with Gasteiger partial charge in [0.05, 0.1) is 11.3 Å². The molecule has 0 saturated heterocycles. The van der Waals surface area contributed by atoms with E-state index in [-0.39, 0.29) is 5.54 Å². The molecule has 126 valence electrons. The van der Waals surface area contributed by atoms with Crippen LogP contribution in [0.5, 0.6) is 11.5 Å². The smallest absolute Gasteiger partial charge is 0.214 e. The third kappa shape index (κ3) is 2.59. The molecule has 3 nitrogen and oxygen atoms in total. The van der Waals surface area contributed by atoms with Crippen molar-refractivity contribution in [2.24, 2.45) is 5.92 Å². The molecule has 0 radical (unpaired) electrons. The number of carbonyl (C=O) groups excluding carboxylic acids is 1. The van der Waals surface area contributed by atoms with Crippen molar-refractivity contribution in [3.05, 3.63) is 53.6 Å². The van der Waals surface area contributed by atoms with Crippen LogP contribution < -0.4 is 9.64 Å². The fraction of sp³-hybridized carbons (Fsp3) is 0.318. The van der Waals surface area contributed by atoms with Gasteiger partial charge >= 0.3 is 0 Å². The van der Waals surface area contributed by atoms with E-state index >= 15 is 0 Å². The van der Waals surface area contributed by atoms with Gasteiger partial charge in [0, 0.05) is 11.1 Å². The molecule has 2 aliphatic rings. The van der Waals surface area contributed by atoms with E-state index in [0.717, 1.165) is 41.8 Å². The zero-order valence-corrected chi connectivity index (χ0v) is 14.4. The molecule has 2 aromatic carbocycles. The van der Waals surface area contributed by atoms with Gasteiger partial charge in [-0.15, -0.1) is 6.42 Å². The summed E-state index contributed by atoms with van der Waals surface area (Å²) in [6, 6.07) is 13.5. The number of hydrogen-bond acceptors (Lipinski definition) is 2. The molecule has 1 aliphatic carbocycles. The molecule has 25 heavy (non-hydrogen) atoms. The Morgan fingerprint density at radius 3 is 2.64 bits per heavy atom. The predicted octanol–water partition coefficient (Wildman–Crippen LogP) is 4.54. The van der Waals surface area contributed by atoms with Gasteiger partial charge in [0.2, 0.25) is 6.41 Å². The maximum absolute atomic E-state index is 11.9. The Morgan fingerprint density at radius 2 is 2.00 bits per heavy atom. The van der Waals surface area contributed by atoms with Crippen LogP contribution in [0.25, 0.3) is 0 Å². The van der Waals surface area contributed by atoms with Crippen LogP contribution in [-0.4, -0.2) is 11.9 Å². The molecular weight excluding hydrogens is 310 g/mol. The Hall–Kier alpha value is -2.73. The normalized spacial score (nSPS) is 22.0. The number of ether oxygens (including phenoxy) is 1. The Morgan fingerprint density at radius 1 is 1.24 bits per heavy atom. The van der Waals surface area contributed by atoms with Gasteiger partial charge in [-0.25, -0.2) is 0 Å². The lowest BCUT2D eigenvalue weighted by molar-refractivity contribution is -0.108. The first kappa shape index (κ1) is 15.8. The minimum atomic E-state index is -0.101. The van der Waals surface area contributed by atoms with E-state index < -0.39 is 0 Å². The van der Waals surface area contributed by atoms with Crippen molar-refractivity contribution in [2.45, 2.75) is 38.1 Å². The van der Waals surface area contributed by atoms with Crippen LogP contribution in [0.1, 0.15) is 37.3 Å². The quantitative estimate of drug-likeness (QED) is 0.608. The summed E-state index contributed by atoms with van der Waals surface area (Å²) in [5, 5.41) is 0. The average molecular weight is 331 g/mol. The topological polar surface area (TPSA) is 29.5 Å². The minimum absolute atomic E-state index is 0.101. The number of hydrogen-bond donors (Lipinski definition) is 0. The first-order chi connectivity index (χ1) is 12.2. The molecule has 0 spiro atoms. The lowest BCUT2D eigenvalue weighted by Crippen LogP contribution is -2.50. The molecule has 1 fully saturated rings. The van der Waals surface area contributed by atoms with E-state index in [1.807, 2.05) is 47.4 Å². The number of carbonyl (C=O) groups is 1. The lowest BCUT2D eigenvalue weighted by Gasteiger charge is -2.44. The van der Waals surface area contributed by atoms with Crippen molar-refractivity contribution in [3.63, 3.8) is 0 Å². The van der Waals surface area contributed by atoms with Gasteiger partial charge in [-0.05, 0) is 62.8 Å². The molecule has 0 N–H and O–H groups in total. The fourth-order valence-corrected chi connectivity index (χ4v) is 3.98. The maximum Gasteiger partial charge on any atom is 0.214 e. The summed E-state index contributed by atoms with van der Waals surface area (Å²) in [5.74, 6) is 4.77. The molecule has 1 atom stereocenters. The Bertz CT molecular complexity index is 848. The molecule has 4 rings (SSSR count). The van der Waals surface area contributed by atoms with Crippen LogP contribution in [0.3, 0.4) is 0 Å². The number of para-hydroxylation sites is 1. The zero-order valence-electron chi connectivity index (χ0n) is 14.4. The van der Waals surface area contributed by atoms with Crippen LogP contribution in [0.15, 0.2) is 42.5 Å². The number of benzene rings is 2. The summed E-state index contributed by atoms with van der Waals surface area (Å²) < 4.78 is 6.15.